The van der Waals surface area contributed by atoms with E-state index < -0.39 is 43.8 Å². The molecule has 0 radical (unpaired) electrons. The number of hydrogen-bond acceptors (Lipinski definition) is 11. The molecule has 0 amide bonds. The first-order valence-corrected chi connectivity index (χ1v) is 20.3. The van der Waals surface area contributed by atoms with Gasteiger partial charge in [0.25, 0.3) is 14.1 Å². The van der Waals surface area contributed by atoms with Gasteiger partial charge in [0, 0.05) is 29.3 Å². The summed E-state index contributed by atoms with van der Waals surface area (Å²) in [6.07, 6.45) is -1.66. The highest BCUT2D eigenvalue weighted by atomic mass is 32.1. The van der Waals surface area contributed by atoms with E-state index in [1.807, 2.05) is 78.9 Å². The van der Waals surface area contributed by atoms with Gasteiger partial charge in [-0.25, -0.2) is 9.46 Å². The molecule has 0 saturated carbocycles. The van der Waals surface area contributed by atoms with Crippen LogP contribution in [0.4, 0.5) is 0 Å². The fraction of sp³-hybridized carbons (Fsp3) is 0.390. The third-order valence-electron chi connectivity index (χ3n) is 9.58. The molecule has 1 N–H and O–H groups in total. The zero-order valence-electron chi connectivity index (χ0n) is 31.8. The van der Waals surface area contributed by atoms with Gasteiger partial charge in [0.05, 0.1) is 56.9 Å². The minimum absolute atomic E-state index is 0.0315. The summed E-state index contributed by atoms with van der Waals surface area (Å²) in [5, 5.41) is 13.2. The second-order valence-electron chi connectivity index (χ2n) is 13.7. The van der Waals surface area contributed by atoms with Gasteiger partial charge in [0.15, 0.2) is 0 Å². The highest BCUT2D eigenvalue weighted by Gasteiger charge is 2.45. The molecule has 0 bridgehead atoms. The molecule has 1 aliphatic rings. The molecule has 6 rings (SSSR count). The Hall–Kier alpha value is -4.38. The van der Waals surface area contributed by atoms with Crippen molar-refractivity contribution in [1.29, 1.82) is 5.26 Å². The van der Waals surface area contributed by atoms with Crippen LogP contribution in [0.25, 0.3) is 10.9 Å². The quantitative estimate of drug-likeness (QED) is 0.0567. The number of fused-ring (bicyclic) bond motifs is 1. The fourth-order valence-electron chi connectivity index (χ4n) is 7.08. The Bertz CT molecular complexity index is 2110. The van der Waals surface area contributed by atoms with Crippen molar-refractivity contribution in [3.8, 4) is 17.6 Å². The van der Waals surface area contributed by atoms with Crippen LogP contribution in [0.5, 0.6) is 11.5 Å². The summed E-state index contributed by atoms with van der Waals surface area (Å²) in [7, 11) is 1.57. The lowest BCUT2D eigenvalue weighted by Crippen LogP contribution is -2.39. The number of methoxy groups -OCH3 is 2. The van der Waals surface area contributed by atoms with E-state index in [2.05, 4.69) is 43.4 Å². The SMILES string of the molecule is COc1ccc(C(OC[C@H]2O[C@@H](n3c(=O)[nH]c(=O)c4cscc43)C[C@@H]2OP(OCCC#N)N(C(C)C)C(C)C)(c2ccccc2)c2ccc(OC)cc2)cc1. The number of nitriles is 1. The van der Waals surface area contributed by atoms with Crippen LogP contribution in [0.15, 0.2) is 99.2 Å². The molecule has 55 heavy (non-hydrogen) atoms. The molecule has 1 unspecified atom stereocenters. The first kappa shape index (κ1) is 40.3. The summed E-state index contributed by atoms with van der Waals surface area (Å²) >= 11 is 1.34. The Labute approximate surface area is 326 Å². The van der Waals surface area contributed by atoms with Crippen molar-refractivity contribution >= 4 is 30.8 Å². The molecular weight excluding hydrogens is 740 g/mol. The third-order valence-corrected chi connectivity index (χ3v) is 12.5. The van der Waals surface area contributed by atoms with Crippen molar-refractivity contribution in [3.63, 3.8) is 0 Å². The standard InChI is InChI=1S/C41H47N4O8PS/c1-27(2)45(28(3)4)54(51-22-10-21-42)53-36-23-38(44-35-26-55-25-34(35)39(46)43-40(44)47)52-37(36)24-50-41(29-11-8-7-9-12-29,30-13-17-32(48-5)18-14-30)31-15-19-33(49-6)20-16-31/h7-9,11-20,25-28,36-38H,10,22-24H2,1-6H3,(H,43,46,47)/t36-,37+,38+,54?/m0/s1. The molecular formula is C41H47N4O8PS. The van der Waals surface area contributed by atoms with Gasteiger partial charge < -0.3 is 28.0 Å². The number of nitrogens with zero attached hydrogens (tertiary/aromatic N) is 3. The number of hydrogen-bond donors (Lipinski definition) is 1. The molecule has 5 aromatic rings. The maximum Gasteiger partial charge on any atom is 0.330 e. The van der Waals surface area contributed by atoms with Gasteiger partial charge in [0.1, 0.15) is 29.4 Å². The lowest BCUT2D eigenvalue weighted by molar-refractivity contribution is -0.0917. The van der Waals surface area contributed by atoms with Crippen molar-refractivity contribution in [1.82, 2.24) is 14.2 Å². The van der Waals surface area contributed by atoms with E-state index in [1.54, 1.807) is 25.0 Å². The highest BCUT2D eigenvalue weighted by Crippen LogP contribution is 2.51. The summed E-state index contributed by atoms with van der Waals surface area (Å²) in [5.41, 5.74) is 0.892. The molecule has 12 nitrogen and oxygen atoms in total. The zero-order valence-corrected chi connectivity index (χ0v) is 33.5. The van der Waals surface area contributed by atoms with Crippen LogP contribution < -0.4 is 20.7 Å². The van der Waals surface area contributed by atoms with Gasteiger partial charge in [0.2, 0.25) is 0 Å². The van der Waals surface area contributed by atoms with Crippen molar-refractivity contribution in [3.05, 3.63) is 127 Å². The van der Waals surface area contributed by atoms with Gasteiger partial charge in [-0.15, -0.1) is 11.3 Å². The Balaban J connectivity index is 1.45. The molecule has 3 aromatic carbocycles. The van der Waals surface area contributed by atoms with Gasteiger partial charge in [-0.05, 0) is 68.7 Å². The van der Waals surface area contributed by atoms with Gasteiger partial charge in [-0.3, -0.25) is 14.3 Å². The molecule has 2 aromatic heterocycles. The van der Waals surface area contributed by atoms with Crippen molar-refractivity contribution in [2.24, 2.45) is 0 Å². The minimum atomic E-state index is -1.68. The van der Waals surface area contributed by atoms with Crippen LogP contribution >= 0.6 is 19.9 Å². The van der Waals surface area contributed by atoms with E-state index in [0.717, 1.165) is 16.7 Å². The Morgan fingerprint density at radius 3 is 2.09 bits per heavy atom. The first-order chi connectivity index (χ1) is 26.6. The third kappa shape index (κ3) is 8.56. The number of aromatic amines is 1. The van der Waals surface area contributed by atoms with Crippen molar-refractivity contribution in [2.45, 2.75) is 76.7 Å². The van der Waals surface area contributed by atoms with Crippen LogP contribution in [0.3, 0.4) is 0 Å². The minimum Gasteiger partial charge on any atom is -0.497 e. The van der Waals surface area contributed by atoms with Crippen LogP contribution in [-0.4, -0.2) is 65.9 Å². The second-order valence-corrected chi connectivity index (χ2v) is 15.8. The Kier molecular flexibility index (Phi) is 13.2. The maximum atomic E-state index is 13.5. The molecule has 14 heteroatoms. The topological polar surface area (TPSA) is 137 Å². The smallest absolute Gasteiger partial charge is 0.330 e. The Morgan fingerprint density at radius 1 is 0.927 bits per heavy atom. The number of rotatable bonds is 17. The largest absolute Gasteiger partial charge is 0.497 e. The van der Waals surface area contributed by atoms with Gasteiger partial charge in [-0.2, -0.15) is 5.26 Å². The Morgan fingerprint density at radius 2 is 1.53 bits per heavy atom. The number of thiophene rings is 1. The van der Waals surface area contributed by atoms with E-state index in [0.29, 0.717) is 22.4 Å². The molecule has 1 aliphatic heterocycles. The number of benzene rings is 3. The fourth-order valence-corrected chi connectivity index (χ4v) is 9.64. The van der Waals surface area contributed by atoms with Crippen molar-refractivity contribution < 1.29 is 28.0 Å². The lowest BCUT2D eigenvalue weighted by atomic mass is 9.80. The normalized spacial score (nSPS) is 17.9. The van der Waals surface area contributed by atoms with E-state index in [-0.39, 0.29) is 38.1 Å². The summed E-state index contributed by atoms with van der Waals surface area (Å²) in [6.45, 7) is 8.52. The number of ether oxygens (including phenoxy) is 4. The summed E-state index contributed by atoms with van der Waals surface area (Å²) in [6, 6.07) is 27.8. The second kappa shape index (κ2) is 18.0. The number of nitrogens with one attached hydrogen (secondary N) is 1. The van der Waals surface area contributed by atoms with E-state index in [1.165, 1.54) is 15.9 Å². The van der Waals surface area contributed by atoms with Crippen LogP contribution in [-0.2, 0) is 24.1 Å². The lowest BCUT2D eigenvalue weighted by Gasteiger charge is -2.39. The molecule has 1 fully saturated rings. The number of H-pyrrole nitrogens is 1. The van der Waals surface area contributed by atoms with Crippen LogP contribution in [0.1, 0.15) is 63.5 Å². The molecule has 4 atom stereocenters. The molecule has 0 spiro atoms. The maximum absolute atomic E-state index is 13.5. The summed E-state index contributed by atoms with van der Waals surface area (Å²) in [5.74, 6) is 1.40. The molecule has 3 heterocycles. The summed E-state index contributed by atoms with van der Waals surface area (Å²) < 4.78 is 42.0. The molecule has 290 valence electrons. The first-order valence-electron chi connectivity index (χ1n) is 18.2. The molecule has 1 saturated heterocycles. The van der Waals surface area contributed by atoms with E-state index in [9.17, 15) is 14.9 Å². The number of aromatic nitrogens is 2. The average molecular weight is 787 g/mol. The van der Waals surface area contributed by atoms with E-state index >= 15 is 0 Å². The predicted molar refractivity (Wildman–Crippen MR) is 214 cm³/mol. The average Bonchev–Trinajstić information content (AvgIpc) is 3.84. The van der Waals surface area contributed by atoms with Gasteiger partial charge in [-0.1, -0.05) is 54.6 Å². The zero-order chi connectivity index (χ0) is 39.1. The molecule has 0 aliphatic carbocycles. The van der Waals surface area contributed by atoms with Crippen molar-refractivity contribution in [2.75, 3.05) is 27.4 Å². The summed E-state index contributed by atoms with van der Waals surface area (Å²) in [4.78, 5) is 28.7. The monoisotopic (exact) mass is 786 g/mol. The van der Waals surface area contributed by atoms with Crippen LogP contribution in [0.2, 0.25) is 0 Å². The van der Waals surface area contributed by atoms with Gasteiger partial charge >= 0.3 is 5.69 Å². The highest BCUT2D eigenvalue weighted by molar-refractivity contribution is 7.44. The van der Waals surface area contributed by atoms with Crippen LogP contribution in [0, 0.1) is 11.3 Å². The predicted octanol–water partition coefficient (Wildman–Crippen LogP) is 7.73. The van der Waals surface area contributed by atoms with E-state index in [4.69, 9.17) is 28.0 Å².